The highest BCUT2D eigenvalue weighted by atomic mass is 16.0. The number of tetrazole rings is 1. The monoisotopic (exact) mass is 434 g/mol. The van der Waals surface area contributed by atoms with E-state index in [1.807, 2.05) is 83.5 Å². The lowest BCUT2D eigenvalue weighted by molar-refractivity contribution is 0.451. The highest BCUT2D eigenvalue weighted by Crippen LogP contribution is 2.41. The first-order valence-electron chi connectivity index (χ1n) is 10.1. The van der Waals surface area contributed by atoms with Crippen LogP contribution in [0.25, 0.3) is 11.4 Å². The molecule has 6 nitrogen and oxygen atoms in total. The van der Waals surface area contributed by atoms with Gasteiger partial charge in [0, 0.05) is 5.56 Å². The Bertz CT molecular complexity index is 1200. The summed E-state index contributed by atoms with van der Waals surface area (Å²) < 4.78 is 1.89. The Labute approximate surface area is 193 Å². The highest BCUT2D eigenvalue weighted by Gasteiger charge is 2.41. The summed E-state index contributed by atoms with van der Waals surface area (Å²) >= 11 is 0. The second-order valence-electron chi connectivity index (χ2n) is 7.31. The maximum atomic E-state index is 6.33. The van der Waals surface area contributed by atoms with Gasteiger partial charge >= 0.3 is 0 Å². The van der Waals surface area contributed by atoms with Crippen molar-refractivity contribution in [1.29, 1.82) is 0 Å². The molecular weight excluding hydrogens is 411 g/mol. The third-order valence-electron chi connectivity index (χ3n) is 5.56. The van der Waals surface area contributed by atoms with Crippen LogP contribution in [0, 0.1) is 0 Å². The molecule has 0 aliphatic heterocycles. The van der Waals surface area contributed by atoms with E-state index < -0.39 is 5.54 Å². The van der Waals surface area contributed by atoms with Gasteiger partial charge in [-0.3, -0.25) is 0 Å². The van der Waals surface area contributed by atoms with Crippen LogP contribution in [0.3, 0.4) is 0 Å². The minimum absolute atomic E-state index is 0. The van der Waals surface area contributed by atoms with E-state index in [2.05, 4.69) is 51.9 Å². The topological polar surface area (TPSA) is 107 Å². The molecule has 7 heteroatoms. The van der Waals surface area contributed by atoms with Crippen LogP contribution >= 0.6 is 0 Å². The molecule has 1 heterocycles. The molecule has 0 spiro atoms. The number of aromatic nitrogens is 4. The molecule has 0 bridgehead atoms. The SMILES string of the molecule is O.O.[B]c1ccccc1-c1nnnn1C(c1ccccc1)(c1ccccc1)c1ccccc1. The van der Waals surface area contributed by atoms with Crippen molar-refractivity contribution in [2.45, 2.75) is 5.54 Å². The Morgan fingerprint density at radius 3 is 1.45 bits per heavy atom. The molecule has 2 radical (unpaired) electrons. The average molecular weight is 434 g/mol. The van der Waals surface area contributed by atoms with E-state index in [-0.39, 0.29) is 11.0 Å². The van der Waals surface area contributed by atoms with E-state index in [9.17, 15) is 0 Å². The fourth-order valence-electron chi connectivity index (χ4n) is 4.19. The van der Waals surface area contributed by atoms with Crippen LogP contribution < -0.4 is 5.46 Å². The van der Waals surface area contributed by atoms with Crippen LogP contribution in [0.2, 0.25) is 0 Å². The zero-order valence-corrected chi connectivity index (χ0v) is 17.8. The van der Waals surface area contributed by atoms with E-state index in [0.717, 1.165) is 22.3 Å². The normalized spacial score (nSPS) is 10.7. The van der Waals surface area contributed by atoms with Gasteiger partial charge < -0.3 is 11.0 Å². The molecular formula is C26H23BN4O2. The number of nitrogens with zero attached hydrogens (tertiary/aromatic N) is 4. The fourth-order valence-corrected chi connectivity index (χ4v) is 4.19. The first kappa shape index (κ1) is 23.6. The zero-order valence-electron chi connectivity index (χ0n) is 17.8. The maximum Gasteiger partial charge on any atom is 0.182 e. The van der Waals surface area contributed by atoms with E-state index in [4.69, 9.17) is 7.85 Å². The summed E-state index contributed by atoms with van der Waals surface area (Å²) in [5.41, 5.74) is 3.79. The van der Waals surface area contributed by atoms with Crippen LogP contribution in [-0.4, -0.2) is 39.0 Å². The van der Waals surface area contributed by atoms with E-state index in [0.29, 0.717) is 11.3 Å². The third kappa shape index (κ3) is 3.95. The molecule has 0 atom stereocenters. The summed E-state index contributed by atoms with van der Waals surface area (Å²) in [6.45, 7) is 0. The van der Waals surface area contributed by atoms with Gasteiger partial charge in [0.1, 0.15) is 13.4 Å². The molecule has 0 saturated heterocycles. The number of hydrogen-bond donors (Lipinski definition) is 0. The molecule has 5 aromatic rings. The quantitative estimate of drug-likeness (QED) is 0.313. The predicted octanol–water partition coefficient (Wildman–Crippen LogP) is 2.32. The highest BCUT2D eigenvalue weighted by molar-refractivity contribution is 6.35. The van der Waals surface area contributed by atoms with Crippen molar-refractivity contribution in [1.82, 2.24) is 20.2 Å². The fraction of sp³-hybridized carbons (Fsp3) is 0.0385. The lowest BCUT2D eigenvalue weighted by atomic mass is 9.76. The lowest BCUT2D eigenvalue weighted by Crippen LogP contribution is -2.39. The molecule has 0 amide bonds. The van der Waals surface area contributed by atoms with Crippen molar-refractivity contribution in [3.8, 4) is 11.4 Å². The van der Waals surface area contributed by atoms with Crippen molar-refractivity contribution in [3.63, 3.8) is 0 Å². The molecule has 4 N–H and O–H groups in total. The van der Waals surface area contributed by atoms with Crippen LogP contribution in [0.4, 0.5) is 0 Å². The van der Waals surface area contributed by atoms with Gasteiger partial charge in [0.05, 0.1) is 0 Å². The summed E-state index contributed by atoms with van der Waals surface area (Å²) in [6.07, 6.45) is 0. The van der Waals surface area contributed by atoms with Gasteiger partial charge in [0.2, 0.25) is 0 Å². The smallest absolute Gasteiger partial charge is 0.182 e. The first-order valence-corrected chi connectivity index (χ1v) is 10.1. The Morgan fingerprint density at radius 1 is 0.576 bits per heavy atom. The van der Waals surface area contributed by atoms with E-state index in [1.165, 1.54) is 0 Å². The number of benzene rings is 4. The second-order valence-corrected chi connectivity index (χ2v) is 7.31. The van der Waals surface area contributed by atoms with Crippen molar-refractivity contribution in [3.05, 3.63) is 132 Å². The molecule has 0 aliphatic rings. The summed E-state index contributed by atoms with van der Waals surface area (Å²) in [6, 6.07) is 38.6. The van der Waals surface area contributed by atoms with Crippen molar-refractivity contribution >= 4 is 13.3 Å². The molecule has 33 heavy (non-hydrogen) atoms. The van der Waals surface area contributed by atoms with E-state index >= 15 is 0 Å². The van der Waals surface area contributed by atoms with Gasteiger partial charge in [-0.2, -0.15) is 0 Å². The van der Waals surface area contributed by atoms with Crippen molar-refractivity contribution in [2.75, 3.05) is 0 Å². The number of rotatable bonds is 5. The predicted molar refractivity (Wildman–Crippen MR) is 130 cm³/mol. The summed E-state index contributed by atoms with van der Waals surface area (Å²) in [5.74, 6) is 0.606. The first-order chi connectivity index (χ1) is 15.3. The molecule has 1 aromatic heterocycles. The minimum atomic E-state index is -0.787. The summed E-state index contributed by atoms with van der Waals surface area (Å²) in [4.78, 5) is 0. The Kier molecular flexibility index (Phi) is 7.18. The molecule has 162 valence electrons. The third-order valence-corrected chi connectivity index (χ3v) is 5.56. The lowest BCUT2D eigenvalue weighted by Gasteiger charge is -2.36. The van der Waals surface area contributed by atoms with Crippen LogP contribution in [0.1, 0.15) is 16.7 Å². The molecule has 0 unspecified atom stereocenters. The van der Waals surface area contributed by atoms with Gasteiger partial charge in [0.15, 0.2) is 5.82 Å². The molecule has 0 saturated carbocycles. The standard InChI is InChI=1S/C26H19BN4.2H2O/c27-24-19-11-10-18-23(24)25-28-29-30-31(25)26(20-12-4-1-5-13-20,21-14-6-2-7-15-21)22-16-8-3-9-17-22;;/h1-19H;2*1H2. The van der Waals surface area contributed by atoms with Crippen molar-refractivity contribution in [2.24, 2.45) is 0 Å². The average Bonchev–Trinajstić information content (AvgIpc) is 3.32. The second kappa shape index (κ2) is 10.0. The maximum absolute atomic E-state index is 6.33. The van der Waals surface area contributed by atoms with Gasteiger partial charge in [0.25, 0.3) is 0 Å². The van der Waals surface area contributed by atoms with E-state index in [1.54, 1.807) is 0 Å². The summed E-state index contributed by atoms with van der Waals surface area (Å²) in [7, 11) is 6.33. The largest absolute Gasteiger partial charge is 0.412 e. The van der Waals surface area contributed by atoms with Crippen LogP contribution in [0.15, 0.2) is 115 Å². The Hall–Kier alpha value is -4.07. The van der Waals surface area contributed by atoms with Gasteiger partial charge in [-0.1, -0.05) is 121 Å². The molecule has 0 aliphatic carbocycles. The summed E-state index contributed by atoms with van der Waals surface area (Å²) in [5, 5.41) is 13.0. The number of hydrogen-bond acceptors (Lipinski definition) is 3. The van der Waals surface area contributed by atoms with Crippen LogP contribution in [0.5, 0.6) is 0 Å². The minimum Gasteiger partial charge on any atom is -0.412 e. The van der Waals surface area contributed by atoms with Gasteiger partial charge in [-0.15, -0.1) is 5.10 Å². The Morgan fingerprint density at radius 2 is 1.00 bits per heavy atom. The molecule has 4 aromatic carbocycles. The molecule has 0 fully saturated rings. The van der Waals surface area contributed by atoms with Crippen LogP contribution in [-0.2, 0) is 5.54 Å². The zero-order chi connectivity index (χ0) is 21.1. The van der Waals surface area contributed by atoms with Gasteiger partial charge in [-0.25, -0.2) is 4.68 Å². The van der Waals surface area contributed by atoms with Gasteiger partial charge in [-0.05, 0) is 27.1 Å². The Balaban J connectivity index is 0.00000153. The van der Waals surface area contributed by atoms with Crippen molar-refractivity contribution < 1.29 is 11.0 Å². The molecule has 5 rings (SSSR count).